The topological polar surface area (TPSA) is 84.3 Å². The van der Waals surface area contributed by atoms with Gasteiger partial charge in [0, 0.05) is 13.2 Å². The van der Waals surface area contributed by atoms with Crippen molar-refractivity contribution in [1.82, 2.24) is 19.8 Å². The van der Waals surface area contributed by atoms with E-state index < -0.39 is 23.8 Å². The molecular formula is C10H12N4O3. The van der Waals surface area contributed by atoms with Gasteiger partial charge >= 0.3 is 0 Å². The summed E-state index contributed by atoms with van der Waals surface area (Å²) in [4.78, 5) is 39.8. The summed E-state index contributed by atoms with van der Waals surface area (Å²) in [5.41, 5.74) is 0.224. The molecule has 2 rings (SSSR count). The molecule has 2 heterocycles. The number of aromatic nitrogens is 2. The molecule has 0 bridgehead atoms. The molecule has 1 atom stereocenters. The summed E-state index contributed by atoms with van der Waals surface area (Å²) in [5.74, 6) is -1.36. The molecule has 1 unspecified atom stereocenters. The van der Waals surface area contributed by atoms with Crippen molar-refractivity contribution in [1.29, 1.82) is 0 Å². The van der Waals surface area contributed by atoms with E-state index in [2.05, 4.69) is 10.3 Å². The predicted molar refractivity (Wildman–Crippen MR) is 56.9 cm³/mol. The Bertz CT molecular complexity index is 493. The number of rotatable bonds is 1. The number of nitrogens with one attached hydrogen (secondary N) is 1. The molecule has 3 amide bonds. The van der Waals surface area contributed by atoms with Crippen LogP contribution in [0.5, 0.6) is 0 Å². The highest BCUT2D eigenvalue weighted by Crippen LogP contribution is 2.09. The molecule has 7 nitrogen and oxygen atoms in total. The first kappa shape index (κ1) is 11.3. The number of hydrogen-bond donors (Lipinski definition) is 1. The summed E-state index contributed by atoms with van der Waals surface area (Å²) < 4.78 is 1.63. The highest BCUT2D eigenvalue weighted by Gasteiger charge is 2.34. The van der Waals surface area contributed by atoms with Gasteiger partial charge in [0.2, 0.25) is 11.8 Å². The van der Waals surface area contributed by atoms with E-state index in [1.165, 1.54) is 11.2 Å². The van der Waals surface area contributed by atoms with Crippen LogP contribution in [0.2, 0.25) is 0 Å². The average Bonchev–Trinajstić information content (AvgIpc) is 2.69. The number of carbonyl (C=O) groups excluding carboxylic acids is 3. The summed E-state index contributed by atoms with van der Waals surface area (Å²) in [7, 11) is 1.74. The van der Waals surface area contributed by atoms with E-state index in [1.807, 2.05) is 0 Å². The van der Waals surface area contributed by atoms with Crippen molar-refractivity contribution in [3.63, 3.8) is 0 Å². The Kier molecular flexibility index (Phi) is 2.66. The Hall–Kier alpha value is -2.18. The first-order valence-electron chi connectivity index (χ1n) is 5.11. The predicted octanol–water partition coefficient (Wildman–Crippen LogP) is -1.09. The average molecular weight is 236 g/mol. The van der Waals surface area contributed by atoms with Crippen LogP contribution in [0.25, 0.3) is 0 Å². The molecule has 1 N–H and O–H groups in total. The Balaban J connectivity index is 2.24. The van der Waals surface area contributed by atoms with Crippen molar-refractivity contribution >= 4 is 17.7 Å². The zero-order valence-electron chi connectivity index (χ0n) is 9.51. The van der Waals surface area contributed by atoms with Gasteiger partial charge in [-0.25, -0.2) is 4.98 Å². The van der Waals surface area contributed by atoms with Gasteiger partial charge in [-0.3, -0.25) is 19.7 Å². The molecule has 7 heteroatoms. The number of imidazole rings is 1. The second-order valence-electron chi connectivity index (χ2n) is 3.95. The Morgan fingerprint density at radius 3 is 2.82 bits per heavy atom. The lowest BCUT2D eigenvalue weighted by atomic mass is 10.2. The molecule has 1 aliphatic heterocycles. The van der Waals surface area contributed by atoms with Gasteiger partial charge in [-0.2, -0.15) is 0 Å². The first-order chi connectivity index (χ1) is 7.99. The Morgan fingerprint density at radius 1 is 1.53 bits per heavy atom. The third kappa shape index (κ3) is 2.03. The zero-order chi connectivity index (χ0) is 12.6. The van der Waals surface area contributed by atoms with Crippen molar-refractivity contribution < 1.29 is 14.4 Å². The van der Waals surface area contributed by atoms with Crippen LogP contribution in [0.3, 0.4) is 0 Å². The molecule has 1 aromatic rings. The summed E-state index contributed by atoms with van der Waals surface area (Å²) in [5, 5.41) is 2.17. The number of carbonyl (C=O) groups is 3. The highest BCUT2D eigenvalue weighted by molar-refractivity contribution is 6.06. The van der Waals surface area contributed by atoms with Crippen molar-refractivity contribution in [3.05, 3.63) is 18.2 Å². The minimum Gasteiger partial charge on any atom is -0.340 e. The lowest BCUT2D eigenvalue weighted by Gasteiger charge is -2.30. The molecule has 1 saturated heterocycles. The molecule has 90 valence electrons. The van der Waals surface area contributed by atoms with Gasteiger partial charge in [0.25, 0.3) is 5.91 Å². The van der Waals surface area contributed by atoms with Gasteiger partial charge in [-0.15, -0.1) is 0 Å². The number of hydrogen-bond acceptors (Lipinski definition) is 4. The number of imide groups is 1. The van der Waals surface area contributed by atoms with Gasteiger partial charge < -0.3 is 9.47 Å². The van der Waals surface area contributed by atoms with Crippen LogP contribution in [0.1, 0.15) is 17.4 Å². The van der Waals surface area contributed by atoms with Crippen LogP contribution < -0.4 is 5.32 Å². The van der Waals surface area contributed by atoms with Crippen LogP contribution in [0, 0.1) is 0 Å². The molecule has 1 aliphatic rings. The van der Waals surface area contributed by atoms with E-state index in [0.717, 1.165) is 0 Å². The van der Waals surface area contributed by atoms with E-state index in [4.69, 9.17) is 0 Å². The minimum atomic E-state index is -0.665. The highest BCUT2D eigenvalue weighted by atomic mass is 16.2. The van der Waals surface area contributed by atoms with Crippen LogP contribution in [-0.2, 0) is 16.6 Å². The number of aryl methyl sites for hydroxylation is 1. The summed E-state index contributed by atoms with van der Waals surface area (Å²) in [6.07, 6.45) is 3.04. The van der Waals surface area contributed by atoms with E-state index >= 15 is 0 Å². The zero-order valence-corrected chi connectivity index (χ0v) is 9.51. The molecule has 0 aliphatic carbocycles. The van der Waals surface area contributed by atoms with Gasteiger partial charge in [-0.05, 0) is 6.92 Å². The number of nitrogens with zero attached hydrogens (tertiary/aromatic N) is 3. The van der Waals surface area contributed by atoms with Crippen LogP contribution in [0.15, 0.2) is 12.5 Å². The number of amides is 3. The number of piperazine rings is 1. The maximum absolute atomic E-state index is 12.0. The van der Waals surface area contributed by atoms with E-state index in [1.54, 1.807) is 24.7 Å². The lowest BCUT2D eigenvalue weighted by molar-refractivity contribution is -0.138. The minimum absolute atomic E-state index is 0.123. The molecule has 0 aromatic carbocycles. The summed E-state index contributed by atoms with van der Waals surface area (Å²) in [6.45, 7) is 1.45. The fourth-order valence-electron chi connectivity index (χ4n) is 1.63. The lowest BCUT2D eigenvalue weighted by Crippen LogP contribution is -2.58. The molecule has 0 radical (unpaired) electrons. The van der Waals surface area contributed by atoms with Gasteiger partial charge in [-0.1, -0.05) is 0 Å². The van der Waals surface area contributed by atoms with Crippen LogP contribution in [-0.4, -0.2) is 44.8 Å². The molecule has 0 saturated carbocycles. The van der Waals surface area contributed by atoms with Gasteiger partial charge in [0.15, 0.2) is 0 Å². The quantitative estimate of drug-likeness (QED) is 0.628. The first-order valence-corrected chi connectivity index (χ1v) is 5.11. The monoisotopic (exact) mass is 236 g/mol. The van der Waals surface area contributed by atoms with Gasteiger partial charge in [0.05, 0.1) is 6.33 Å². The van der Waals surface area contributed by atoms with Gasteiger partial charge in [0.1, 0.15) is 18.3 Å². The maximum Gasteiger partial charge on any atom is 0.275 e. The van der Waals surface area contributed by atoms with E-state index in [0.29, 0.717) is 0 Å². The van der Waals surface area contributed by atoms with Crippen molar-refractivity contribution in [3.8, 4) is 0 Å². The van der Waals surface area contributed by atoms with Crippen LogP contribution >= 0.6 is 0 Å². The fraction of sp³-hybridized carbons (Fsp3) is 0.400. The SMILES string of the molecule is CC1C(=O)NC(=O)CN1C(=O)c1cn(C)cn1. The third-order valence-electron chi connectivity index (χ3n) is 2.61. The maximum atomic E-state index is 12.0. The van der Waals surface area contributed by atoms with Crippen molar-refractivity contribution in [2.45, 2.75) is 13.0 Å². The van der Waals surface area contributed by atoms with E-state index in [9.17, 15) is 14.4 Å². The molecule has 0 spiro atoms. The third-order valence-corrected chi connectivity index (χ3v) is 2.61. The standard InChI is InChI=1S/C10H12N4O3/c1-6-9(16)12-8(15)4-14(6)10(17)7-3-13(2)5-11-7/h3,5-6H,4H2,1-2H3,(H,12,15,16). The molecule has 1 aromatic heterocycles. The second kappa shape index (κ2) is 4.00. The smallest absolute Gasteiger partial charge is 0.275 e. The molecular weight excluding hydrogens is 224 g/mol. The summed E-state index contributed by atoms with van der Waals surface area (Å²) >= 11 is 0. The van der Waals surface area contributed by atoms with Crippen molar-refractivity contribution in [2.24, 2.45) is 7.05 Å². The Morgan fingerprint density at radius 2 is 2.24 bits per heavy atom. The van der Waals surface area contributed by atoms with Crippen LogP contribution in [0.4, 0.5) is 0 Å². The van der Waals surface area contributed by atoms with E-state index in [-0.39, 0.29) is 12.2 Å². The summed E-state index contributed by atoms with van der Waals surface area (Å²) in [6, 6.07) is -0.665. The fourth-order valence-corrected chi connectivity index (χ4v) is 1.63. The largest absolute Gasteiger partial charge is 0.340 e. The van der Waals surface area contributed by atoms with Crippen molar-refractivity contribution in [2.75, 3.05) is 6.54 Å². The Labute approximate surface area is 97.4 Å². The molecule has 1 fully saturated rings. The molecule has 17 heavy (non-hydrogen) atoms. The second-order valence-corrected chi connectivity index (χ2v) is 3.95. The normalized spacial score (nSPS) is 20.4.